The van der Waals surface area contributed by atoms with Crippen LogP contribution in [0.3, 0.4) is 0 Å². The summed E-state index contributed by atoms with van der Waals surface area (Å²) in [5, 5.41) is 15.0. The number of aromatic nitrogens is 2. The van der Waals surface area contributed by atoms with Crippen LogP contribution < -0.4 is 26.6 Å². The number of anilines is 2. The first-order valence-electron chi connectivity index (χ1n) is 13.9. The number of hydrogen-bond acceptors (Lipinski definition) is 9. The van der Waals surface area contributed by atoms with E-state index in [4.69, 9.17) is 25.8 Å². The molecule has 41 heavy (non-hydrogen) atoms. The van der Waals surface area contributed by atoms with E-state index in [9.17, 15) is 4.79 Å². The molecule has 1 aromatic heterocycles. The number of amides is 2. The number of allylic oxidation sites excluding steroid dienone is 1. The quantitative estimate of drug-likeness (QED) is 0.174. The summed E-state index contributed by atoms with van der Waals surface area (Å²) in [6.45, 7) is 10.6. The Morgan fingerprint density at radius 3 is 2.73 bits per heavy atom. The summed E-state index contributed by atoms with van der Waals surface area (Å²) in [5.74, 6) is 2.45. The van der Waals surface area contributed by atoms with E-state index in [1.54, 1.807) is 11.8 Å². The number of rotatable bonds is 13. The van der Waals surface area contributed by atoms with Gasteiger partial charge in [0, 0.05) is 35.8 Å². The Bertz CT molecular complexity index is 1260. The van der Waals surface area contributed by atoms with Crippen LogP contribution in [0.1, 0.15) is 32.4 Å². The summed E-state index contributed by atoms with van der Waals surface area (Å²) in [6.07, 6.45) is 5.18. The first-order chi connectivity index (χ1) is 19.8. The van der Waals surface area contributed by atoms with Crippen LogP contribution in [0.2, 0.25) is 0 Å². The molecule has 2 atom stereocenters. The van der Waals surface area contributed by atoms with Crippen molar-refractivity contribution in [3.05, 3.63) is 58.6 Å². The lowest BCUT2D eigenvalue weighted by Gasteiger charge is -2.35. The number of nitrogens with two attached hydrogens (primary N) is 2. The largest absolute Gasteiger partial charge is 0.401 e. The molecule has 1 saturated heterocycles. The first kappa shape index (κ1) is 30.9. The Balaban J connectivity index is 1.64. The van der Waals surface area contributed by atoms with Crippen molar-refractivity contribution >= 4 is 47.3 Å². The van der Waals surface area contributed by atoms with Crippen molar-refractivity contribution in [3.8, 4) is 11.4 Å². The molecule has 1 aromatic carbocycles. The van der Waals surface area contributed by atoms with Crippen molar-refractivity contribution in [2.45, 2.75) is 43.5 Å². The zero-order valence-electron chi connectivity index (χ0n) is 24.0. The number of likely N-dealkylation sites (N-methyl/N-ethyl adjacent to an activating group) is 1. The second-order valence-electron chi connectivity index (χ2n) is 10.1. The number of ether oxygens (including phenoxy) is 1. The van der Waals surface area contributed by atoms with E-state index < -0.39 is 0 Å². The molecule has 2 aliphatic rings. The van der Waals surface area contributed by atoms with E-state index in [0.717, 1.165) is 52.1 Å². The molecule has 1 aliphatic heterocycles. The SMILES string of the molecule is C=CC1COCCN1c1cc(C2(SC(SCC)=C(C)N)CC2)nc(-c2ccc(NC(=O)NC(C=N)C[NH2+]C)cc2)n1. The Morgan fingerprint density at radius 1 is 1.37 bits per heavy atom. The molecule has 10 nitrogen and oxygen atoms in total. The number of nitrogens with zero attached hydrogens (tertiary/aromatic N) is 3. The smallest absolute Gasteiger partial charge is 0.319 e. The molecule has 4 rings (SSSR count). The van der Waals surface area contributed by atoms with Gasteiger partial charge in [0.1, 0.15) is 18.4 Å². The van der Waals surface area contributed by atoms with Gasteiger partial charge in [0.15, 0.2) is 5.82 Å². The van der Waals surface area contributed by atoms with Gasteiger partial charge in [-0.05, 0) is 49.8 Å². The zero-order chi connectivity index (χ0) is 29.4. The van der Waals surface area contributed by atoms with Crippen LogP contribution in [0.25, 0.3) is 11.4 Å². The molecule has 2 unspecified atom stereocenters. The lowest BCUT2D eigenvalue weighted by Crippen LogP contribution is -2.83. The van der Waals surface area contributed by atoms with Crippen molar-refractivity contribution < 1.29 is 14.8 Å². The van der Waals surface area contributed by atoms with Crippen LogP contribution in [0, 0.1) is 5.41 Å². The van der Waals surface area contributed by atoms with Crippen LogP contribution in [0.15, 0.2) is 52.9 Å². The van der Waals surface area contributed by atoms with E-state index in [2.05, 4.69) is 35.1 Å². The molecule has 0 radical (unpaired) electrons. The minimum Gasteiger partial charge on any atom is -0.401 e. The van der Waals surface area contributed by atoms with E-state index >= 15 is 0 Å². The van der Waals surface area contributed by atoms with Crippen molar-refractivity contribution in [1.29, 1.82) is 5.41 Å². The molecule has 0 bridgehead atoms. The highest BCUT2D eigenvalue weighted by Crippen LogP contribution is 2.61. The van der Waals surface area contributed by atoms with Crippen LogP contribution >= 0.6 is 23.5 Å². The molecular weight excluding hydrogens is 557 g/mol. The van der Waals surface area contributed by atoms with Gasteiger partial charge in [0.2, 0.25) is 0 Å². The fraction of sp³-hybridized carbons (Fsp3) is 0.448. The van der Waals surface area contributed by atoms with Crippen LogP contribution in [-0.2, 0) is 9.48 Å². The van der Waals surface area contributed by atoms with E-state index in [1.807, 2.05) is 61.4 Å². The third-order valence-electron chi connectivity index (χ3n) is 6.91. The molecule has 2 aromatic rings. The molecule has 2 amide bonds. The van der Waals surface area contributed by atoms with Gasteiger partial charge < -0.3 is 36.7 Å². The summed E-state index contributed by atoms with van der Waals surface area (Å²) >= 11 is 3.60. The standard InChI is InChI=1S/C29H40N8O2S2/c1-5-23-18-39-14-13-37(23)25-15-24(29(11-12-29)41-27(19(3)31)40-6-2)35-26(36-25)20-7-9-21(10-8-20)33-28(38)34-22(16-30)17-32-4/h5,7-10,15-16,22-23,30,32H,1,6,11-14,17-18,31H2,2-4H3,(H2,33,34,38)/p+1. The highest BCUT2D eigenvalue weighted by molar-refractivity contribution is 8.22. The Labute approximate surface area is 250 Å². The molecular formula is C29H41N8O2S2+. The number of thioether (sulfide) groups is 2. The number of morpholine rings is 1. The van der Waals surface area contributed by atoms with Crippen LogP contribution in [0.4, 0.5) is 16.3 Å². The van der Waals surface area contributed by atoms with Crippen molar-refractivity contribution in [3.63, 3.8) is 0 Å². The van der Waals surface area contributed by atoms with Gasteiger partial charge in [-0.1, -0.05) is 13.0 Å². The second kappa shape index (κ2) is 14.2. The lowest BCUT2D eigenvalue weighted by molar-refractivity contribution is -0.627. The minimum absolute atomic E-state index is 0.0275. The maximum atomic E-state index is 12.4. The normalized spacial score (nSPS) is 19.1. The van der Waals surface area contributed by atoms with Gasteiger partial charge in [-0.15, -0.1) is 30.1 Å². The van der Waals surface area contributed by atoms with Gasteiger partial charge in [0.05, 0.1) is 41.0 Å². The third-order valence-corrected chi connectivity index (χ3v) is 9.90. The average molecular weight is 598 g/mol. The molecule has 12 heteroatoms. The summed E-state index contributed by atoms with van der Waals surface area (Å²) in [4.78, 5) is 24.8. The molecule has 220 valence electrons. The summed E-state index contributed by atoms with van der Waals surface area (Å²) in [5.41, 5.74) is 9.60. The monoisotopic (exact) mass is 597 g/mol. The maximum absolute atomic E-state index is 12.4. The highest BCUT2D eigenvalue weighted by atomic mass is 32.2. The lowest BCUT2D eigenvalue weighted by atomic mass is 10.1. The van der Waals surface area contributed by atoms with Gasteiger partial charge >= 0.3 is 6.03 Å². The van der Waals surface area contributed by atoms with Gasteiger partial charge in [-0.2, -0.15) is 0 Å². The van der Waals surface area contributed by atoms with E-state index in [1.165, 1.54) is 6.21 Å². The first-order valence-corrected chi connectivity index (χ1v) is 15.7. The Morgan fingerprint density at radius 2 is 2.12 bits per heavy atom. The topological polar surface area (TPSA) is 146 Å². The number of nitrogens with one attached hydrogen (secondary N) is 3. The second-order valence-corrected chi connectivity index (χ2v) is 13.0. The predicted molar refractivity (Wildman–Crippen MR) is 171 cm³/mol. The van der Waals surface area contributed by atoms with Crippen molar-refractivity contribution in [1.82, 2.24) is 15.3 Å². The summed E-state index contributed by atoms with van der Waals surface area (Å²) < 4.78 is 6.72. The van der Waals surface area contributed by atoms with E-state index in [0.29, 0.717) is 31.3 Å². The highest BCUT2D eigenvalue weighted by Gasteiger charge is 2.48. The maximum Gasteiger partial charge on any atom is 0.319 e. The third kappa shape index (κ3) is 7.82. The minimum atomic E-state index is -0.354. The van der Waals surface area contributed by atoms with Crippen molar-refractivity contribution in [2.24, 2.45) is 5.73 Å². The molecule has 2 heterocycles. The number of benzene rings is 1. The fourth-order valence-corrected chi connectivity index (χ4v) is 7.15. The van der Waals surface area contributed by atoms with Gasteiger partial charge in [-0.25, -0.2) is 14.8 Å². The predicted octanol–water partition coefficient (Wildman–Crippen LogP) is 3.49. The molecule has 1 aliphatic carbocycles. The number of quaternary nitrogens is 1. The molecule has 1 saturated carbocycles. The number of urea groups is 1. The molecule has 2 fully saturated rings. The van der Waals surface area contributed by atoms with Gasteiger partial charge in [0.25, 0.3) is 0 Å². The number of carbonyl (C=O) groups excluding carboxylic acids is 1. The number of carbonyl (C=O) groups is 1. The zero-order valence-corrected chi connectivity index (χ0v) is 25.6. The summed E-state index contributed by atoms with van der Waals surface area (Å²) in [6, 6.07) is 8.99. The average Bonchev–Trinajstić information content (AvgIpc) is 3.77. The van der Waals surface area contributed by atoms with E-state index in [-0.39, 0.29) is 22.9 Å². The Kier molecular flexibility index (Phi) is 10.7. The fourth-order valence-electron chi connectivity index (χ4n) is 4.56. The summed E-state index contributed by atoms with van der Waals surface area (Å²) in [7, 11) is 1.90. The molecule has 0 spiro atoms. The van der Waals surface area contributed by atoms with Crippen LogP contribution in [0.5, 0.6) is 0 Å². The number of hydrogen-bond donors (Lipinski definition) is 5. The van der Waals surface area contributed by atoms with Crippen LogP contribution in [-0.4, -0.2) is 73.4 Å². The van der Waals surface area contributed by atoms with Gasteiger partial charge in [-0.3, -0.25) is 0 Å². The molecule has 7 N–H and O–H groups in total. The Hall–Kier alpha value is -3.06. The van der Waals surface area contributed by atoms with Crippen molar-refractivity contribution in [2.75, 3.05) is 49.3 Å².